The van der Waals surface area contributed by atoms with Crippen molar-refractivity contribution in [3.05, 3.63) is 107 Å². The number of rotatable bonds is 9. The van der Waals surface area contributed by atoms with Crippen LogP contribution >= 0.6 is 0 Å². The Balaban J connectivity index is 1.71. The van der Waals surface area contributed by atoms with E-state index in [1.165, 1.54) is 15.9 Å². The highest BCUT2D eigenvalue weighted by Gasteiger charge is 2.41. The summed E-state index contributed by atoms with van der Waals surface area (Å²) in [5.74, 6) is 0.0348. The Labute approximate surface area is 218 Å². The molecule has 6 nitrogen and oxygen atoms in total. The van der Waals surface area contributed by atoms with Crippen LogP contribution in [0.4, 0.5) is 4.79 Å². The summed E-state index contributed by atoms with van der Waals surface area (Å²) in [6.07, 6.45) is 10.00. The molecule has 2 aliphatic heterocycles. The molecule has 1 saturated heterocycles. The minimum absolute atomic E-state index is 0.0339. The van der Waals surface area contributed by atoms with Crippen LogP contribution in [0.15, 0.2) is 96.3 Å². The fourth-order valence-corrected chi connectivity index (χ4v) is 4.18. The van der Waals surface area contributed by atoms with Crippen molar-refractivity contribution in [2.75, 3.05) is 13.1 Å². The second-order valence-corrected chi connectivity index (χ2v) is 9.00. The Morgan fingerprint density at radius 2 is 1.24 bits per heavy atom. The summed E-state index contributed by atoms with van der Waals surface area (Å²) >= 11 is 0. The maximum absolute atomic E-state index is 13.2. The van der Waals surface area contributed by atoms with Crippen molar-refractivity contribution in [3.8, 4) is 0 Å². The van der Waals surface area contributed by atoms with Crippen LogP contribution in [-0.2, 0) is 14.3 Å². The predicted octanol–water partition coefficient (Wildman–Crippen LogP) is 6.34. The van der Waals surface area contributed by atoms with Crippen LogP contribution < -0.4 is 0 Å². The van der Waals surface area contributed by atoms with E-state index < -0.39 is 17.8 Å². The molecule has 2 heterocycles. The number of nitrogens with zero attached hydrogens (tertiary/aromatic N) is 2. The molecule has 6 heteroatoms. The number of hydrogen-bond acceptors (Lipinski definition) is 4. The summed E-state index contributed by atoms with van der Waals surface area (Å²) in [5, 5.41) is 0. The summed E-state index contributed by atoms with van der Waals surface area (Å²) in [4.78, 5) is 41.7. The summed E-state index contributed by atoms with van der Waals surface area (Å²) in [6, 6.07) is 19.2. The molecule has 0 saturated carbocycles. The van der Waals surface area contributed by atoms with Crippen molar-refractivity contribution in [2.45, 2.75) is 39.5 Å². The first-order valence-corrected chi connectivity index (χ1v) is 12.8. The second-order valence-electron chi connectivity index (χ2n) is 9.00. The molecule has 0 radical (unpaired) electrons. The highest BCUT2D eigenvalue weighted by Crippen LogP contribution is 2.32. The van der Waals surface area contributed by atoms with E-state index in [0.717, 1.165) is 29.5 Å². The van der Waals surface area contributed by atoms with Gasteiger partial charge in [-0.05, 0) is 48.3 Å². The number of barbiturate groups is 1. The Kier molecular flexibility index (Phi) is 8.52. The molecule has 2 aromatic rings. The highest BCUT2D eigenvalue weighted by molar-refractivity contribution is 6.28. The Hall–Kier alpha value is -4.19. The van der Waals surface area contributed by atoms with E-state index in [4.69, 9.17) is 4.74 Å². The molecular formula is C31H32N2O4. The number of imide groups is 2. The van der Waals surface area contributed by atoms with Crippen molar-refractivity contribution in [1.82, 2.24) is 9.80 Å². The van der Waals surface area contributed by atoms with E-state index in [1.807, 2.05) is 86.7 Å². The number of carbonyl (C=O) groups excluding carboxylic acids is 3. The van der Waals surface area contributed by atoms with E-state index in [-0.39, 0.29) is 18.7 Å². The standard InChI is InChI=1S/C31H32N2O4/c1-3-5-19-32-29(34)27(30(35)33(31(32)36)20-6-4-2)18-17-26-21-25(23-13-9-7-10-14-23)22-28(37-26)24-15-11-8-12-16-24/h7-18,21-22H,3-6,19-20H2,1-2H3/b26-17+. The smallest absolute Gasteiger partial charge is 0.333 e. The highest BCUT2D eigenvalue weighted by atomic mass is 16.5. The Morgan fingerprint density at radius 1 is 0.703 bits per heavy atom. The number of carbonyl (C=O) groups is 3. The number of benzene rings is 2. The van der Waals surface area contributed by atoms with E-state index in [9.17, 15) is 14.4 Å². The van der Waals surface area contributed by atoms with Gasteiger partial charge in [-0.15, -0.1) is 0 Å². The zero-order chi connectivity index (χ0) is 26.2. The van der Waals surface area contributed by atoms with E-state index in [1.54, 1.807) is 6.08 Å². The lowest BCUT2D eigenvalue weighted by molar-refractivity contribution is -0.136. The van der Waals surface area contributed by atoms with Crippen molar-refractivity contribution in [1.29, 1.82) is 0 Å². The van der Waals surface area contributed by atoms with E-state index in [0.29, 0.717) is 24.4 Å². The van der Waals surface area contributed by atoms with Gasteiger partial charge < -0.3 is 4.74 Å². The van der Waals surface area contributed by atoms with Crippen molar-refractivity contribution >= 4 is 29.2 Å². The number of unbranched alkanes of at least 4 members (excludes halogenated alkanes) is 2. The molecule has 4 amide bonds. The normalized spacial score (nSPS) is 17.1. The van der Waals surface area contributed by atoms with Crippen molar-refractivity contribution in [2.24, 2.45) is 0 Å². The third-order valence-corrected chi connectivity index (χ3v) is 6.28. The number of ether oxygens (including phenoxy) is 1. The van der Waals surface area contributed by atoms with Crippen LogP contribution in [0, 0.1) is 0 Å². The predicted molar refractivity (Wildman–Crippen MR) is 145 cm³/mol. The lowest BCUT2D eigenvalue weighted by atomic mass is 10.0. The second kappa shape index (κ2) is 12.2. The van der Waals surface area contributed by atoms with Gasteiger partial charge in [0.2, 0.25) is 0 Å². The minimum atomic E-state index is -0.560. The van der Waals surface area contributed by atoms with Crippen LogP contribution in [-0.4, -0.2) is 40.7 Å². The largest absolute Gasteiger partial charge is 0.457 e. The molecular weight excluding hydrogens is 464 g/mol. The zero-order valence-electron chi connectivity index (χ0n) is 21.4. The summed E-state index contributed by atoms with van der Waals surface area (Å²) < 4.78 is 6.17. The van der Waals surface area contributed by atoms with Crippen molar-refractivity contribution < 1.29 is 19.1 Å². The first-order chi connectivity index (χ1) is 18.0. The molecule has 0 aromatic heterocycles. The van der Waals surface area contributed by atoms with Gasteiger partial charge in [-0.2, -0.15) is 0 Å². The first-order valence-electron chi connectivity index (χ1n) is 12.8. The Morgan fingerprint density at radius 3 is 1.78 bits per heavy atom. The van der Waals surface area contributed by atoms with Gasteiger partial charge >= 0.3 is 6.03 Å². The molecule has 4 rings (SSSR count). The van der Waals surface area contributed by atoms with Gasteiger partial charge in [-0.3, -0.25) is 19.4 Å². The van der Waals surface area contributed by atoms with Crippen LogP contribution in [0.2, 0.25) is 0 Å². The molecule has 0 N–H and O–H groups in total. The zero-order valence-corrected chi connectivity index (χ0v) is 21.4. The molecule has 2 aromatic carbocycles. The minimum Gasteiger partial charge on any atom is -0.457 e. The fourth-order valence-electron chi connectivity index (χ4n) is 4.18. The van der Waals surface area contributed by atoms with Gasteiger partial charge in [-0.25, -0.2) is 4.79 Å². The molecule has 2 aliphatic rings. The van der Waals surface area contributed by atoms with Crippen LogP contribution in [0.25, 0.3) is 11.3 Å². The van der Waals surface area contributed by atoms with Gasteiger partial charge in [0.1, 0.15) is 17.1 Å². The lowest BCUT2D eigenvalue weighted by Gasteiger charge is -2.33. The van der Waals surface area contributed by atoms with E-state index >= 15 is 0 Å². The first kappa shape index (κ1) is 25.9. The van der Waals surface area contributed by atoms with Crippen LogP contribution in [0.3, 0.4) is 0 Å². The summed E-state index contributed by atoms with van der Waals surface area (Å²) in [7, 11) is 0. The molecule has 0 spiro atoms. The molecule has 0 aliphatic carbocycles. The maximum Gasteiger partial charge on any atom is 0.333 e. The number of urea groups is 1. The number of hydrogen-bond donors (Lipinski definition) is 0. The van der Waals surface area contributed by atoms with Gasteiger partial charge in [-0.1, -0.05) is 87.4 Å². The van der Waals surface area contributed by atoms with Gasteiger partial charge in [0.05, 0.1) is 0 Å². The number of allylic oxidation sites excluding steroid dienone is 5. The van der Waals surface area contributed by atoms with Gasteiger partial charge in [0.15, 0.2) is 0 Å². The third-order valence-electron chi connectivity index (χ3n) is 6.28. The fraction of sp³-hybridized carbons (Fsp3) is 0.258. The summed E-state index contributed by atoms with van der Waals surface area (Å²) in [5.41, 5.74) is 2.84. The SMILES string of the molecule is CCCCN1C(=O)C(=C/C=C2\C=C(c3ccccc3)C=C(c3ccccc3)O2)C(=O)N(CCCC)C1=O. The monoisotopic (exact) mass is 496 g/mol. The maximum atomic E-state index is 13.2. The van der Waals surface area contributed by atoms with Crippen LogP contribution in [0.1, 0.15) is 50.7 Å². The van der Waals surface area contributed by atoms with Crippen LogP contribution in [0.5, 0.6) is 0 Å². The topological polar surface area (TPSA) is 66.9 Å². The number of amides is 4. The molecule has 0 atom stereocenters. The average Bonchev–Trinajstić information content (AvgIpc) is 2.94. The van der Waals surface area contributed by atoms with Gasteiger partial charge in [0.25, 0.3) is 11.8 Å². The molecule has 37 heavy (non-hydrogen) atoms. The average molecular weight is 497 g/mol. The molecule has 1 fully saturated rings. The lowest BCUT2D eigenvalue weighted by Crippen LogP contribution is -2.56. The molecule has 190 valence electrons. The Bertz CT molecular complexity index is 1240. The van der Waals surface area contributed by atoms with Gasteiger partial charge in [0, 0.05) is 18.7 Å². The summed E-state index contributed by atoms with van der Waals surface area (Å²) in [6.45, 7) is 4.56. The van der Waals surface area contributed by atoms with E-state index in [2.05, 4.69) is 0 Å². The molecule has 0 bridgehead atoms. The quantitative estimate of drug-likeness (QED) is 0.300. The molecule has 0 unspecified atom stereocenters. The third kappa shape index (κ3) is 5.97. The van der Waals surface area contributed by atoms with Crippen molar-refractivity contribution in [3.63, 3.8) is 0 Å².